The van der Waals surface area contributed by atoms with Gasteiger partial charge in [0.2, 0.25) is 11.5 Å². The molecule has 1 saturated heterocycles. The molecule has 36 heavy (non-hydrogen) atoms. The number of hydrogen-bond donors (Lipinski definition) is 3. The van der Waals surface area contributed by atoms with Gasteiger partial charge in [-0.3, -0.25) is 10.2 Å². The van der Waals surface area contributed by atoms with E-state index in [2.05, 4.69) is 17.6 Å². The Morgan fingerprint density at radius 1 is 1.17 bits per heavy atom. The standard InChI is InChI=1S/C26H41ClF3N5O/c1-16-10-17(5-6-22(16)27)14-33-24(36)20-12-18(15-35-9-8-34(2)25(35)31)11-19(13-20)21-4-3-7-32-23(21)26(28,29)30/h8-9,16-23,31-32H,3-7,10-15H2,1-2H3,(H,33,36). The minimum Gasteiger partial charge on any atom is -0.356 e. The van der Waals surface area contributed by atoms with Crippen molar-refractivity contribution in [2.45, 2.75) is 82.4 Å². The fourth-order valence-electron chi connectivity index (χ4n) is 6.97. The van der Waals surface area contributed by atoms with Gasteiger partial charge >= 0.3 is 6.18 Å². The number of imidazole rings is 1. The highest BCUT2D eigenvalue weighted by molar-refractivity contribution is 6.20. The molecule has 10 heteroatoms. The highest BCUT2D eigenvalue weighted by Gasteiger charge is 2.50. The number of piperidine rings is 1. The molecule has 1 aromatic rings. The quantitative estimate of drug-likeness (QED) is 0.475. The molecule has 3 aliphatic rings. The summed E-state index contributed by atoms with van der Waals surface area (Å²) in [5.74, 6) is -0.148. The Hall–Kier alpha value is -1.48. The van der Waals surface area contributed by atoms with Crippen LogP contribution in [0, 0.1) is 40.9 Å². The first-order valence-corrected chi connectivity index (χ1v) is 13.9. The second-order valence-corrected chi connectivity index (χ2v) is 12.2. The van der Waals surface area contributed by atoms with Gasteiger partial charge < -0.3 is 19.8 Å². The molecule has 3 fully saturated rings. The predicted molar refractivity (Wildman–Crippen MR) is 133 cm³/mol. The average Bonchev–Trinajstić information content (AvgIpc) is 3.16. The Bertz CT molecular complexity index is 947. The molecule has 0 radical (unpaired) electrons. The molecule has 8 atom stereocenters. The number of carbonyl (C=O) groups is 1. The number of hydrogen-bond acceptors (Lipinski definition) is 3. The van der Waals surface area contributed by atoms with Crippen molar-refractivity contribution in [1.29, 1.82) is 5.41 Å². The van der Waals surface area contributed by atoms with Gasteiger partial charge in [-0.15, -0.1) is 11.6 Å². The first-order chi connectivity index (χ1) is 17.0. The van der Waals surface area contributed by atoms with Crippen LogP contribution in [-0.2, 0) is 18.4 Å². The Balaban J connectivity index is 1.47. The Labute approximate surface area is 216 Å². The van der Waals surface area contributed by atoms with Gasteiger partial charge in [0.05, 0.1) is 0 Å². The zero-order valence-electron chi connectivity index (χ0n) is 21.4. The Morgan fingerprint density at radius 2 is 1.94 bits per heavy atom. The van der Waals surface area contributed by atoms with E-state index in [1.165, 1.54) is 0 Å². The van der Waals surface area contributed by atoms with Crippen molar-refractivity contribution in [2.24, 2.45) is 42.6 Å². The summed E-state index contributed by atoms with van der Waals surface area (Å²) in [6.45, 7) is 3.69. The summed E-state index contributed by atoms with van der Waals surface area (Å²) in [6.07, 6.45) is 5.35. The molecule has 1 amide bonds. The number of carbonyl (C=O) groups excluding carboxylic acids is 1. The molecule has 2 saturated carbocycles. The third-order valence-electron chi connectivity index (χ3n) is 8.95. The van der Waals surface area contributed by atoms with Gasteiger partial charge in [0.15, 0.2) is 0 Å². The first kappa shape index (κ1) is 27.6. The normalized spacial score (nSPS) is 35.9. The zero-order chi connectivity index (χ0) is 26.0. The second-order valence-electron chi connectivity index (χ2n) is 11.6. The monoisotopic (exact) mass is 531 g/mol. The molecule has 2 heterocycles. The van der Waals surface area contributed by atoms with Crippen molar-refractivity contribution in [3.8, 4) is 0 Å². The van der Waals surface area contributed by atoms with E-state index < -0.39 is 18.1 Å². The van der Waals surface area contributed by atoms with E-state index in [1.54, 1.807) is 11.6 Å². The molecule has 1 aliphatic heterocycles. The molecular weight excluding hydrogens is 491 g/mol. The van der Waals surface area contributed by atoms with Crippen LogP contribution in [-0.4, -0.2) is 45.7 Å². The highest BCUT2D eigenvalue weighted by Crippen LogP contribution is 2.44. The average molecular weight is 532 g/mol. The minimum atomic E-state index is -4.30. The molecule has 2 aliphatic carbocycles. The van der Waals surface area contributed by atoms with Crippen molar-refractivity contribution in [3.63, 3.8) is 0 Å². The summed E-state index contributed by atoms with van der Waals surface area (Å²) in [4.78, 5) is 13.3. The molecule has 0 aromatic carbocycles. The Kier molecular flexibility index (Phi) is 8.80. The highest BCUT2D eigenvalue weighted by atomic mass is 35.5. The number of halogens is 4. The van der Waals surface area contributed by atoms with Crippen LogP contribution in [0.1, 0.15) is 58.3 Å². The molecule has 0 bridgehead atoms. The first-order valence-electron chi connectivity index (χ1n) is 13.5. The van der Waals surface area contributed by atoms with Crippen LogP contribution in [0.15, 0.2) is 12.4 Å². The van der Waals surface area contributed by atoms with Crippen LogP contribution < -0.4 is 16.3 Å². The van der Waals surface area contributed by atoms with Gasteiger partial charge in [0.25, 0.3) is 0 Å². The maximum Gasteiger partial charge on any atom is 0.404 e. The lowest BCUT2D eigenvalue weighted by molar-refractivity contribution is -0.179. The van der Waals surface area contributed by atoms with Crippen LogP contribution in [0.2, 0.25) is 0 Å². The number of aryl methyl sites for hydroxylation is 1. The van der Waals surface area contributed by atoms with E-state index in [9.17, 15) is 18.0 Å². The van der Waals surface area contributed by atoms with Crippen LogP contribution in [0.3, 0.4) is 0 Å². The van der Waals surface area contributed by atoms with Crippen LogP contribution >= 0.6 is 11.6 Å². The molecular formula is C26H41ClF3N5O. The molecule has 4 rings (SSSR count). The summed E-state index contributed by atoms with van der Waals surface area (Å²) < 4.78 is 45.3. The van der Waals surface area contributed by atoms with Crippen molar-refractivity contribution in [2.75, 3.05) is 13.1 Å². The molecule has 6 nitrogen and oxygen atoms in total. The number of aromatic nitrogens is 2. The van der Waals surface area contributed by atoms with Crippen molar-refractivity contribution in [3.05, 3.63) is 18.0 Å². The number of amides is 1. The number of nitrogens with zero attached hydrogens (tertiary/aromatic N) is 2. The zero-order valence-corrected chi connectivity index (χ0v) is 22.1. The maximum absolute atomic E-state index is 13.9. The number of nitrogens with one attached hydrogen (secondary N) is 3. The molecule has 8 unspecified atom stereocenters. The molecule has 3 N–H and O–H groups in total. The van der Waals surface area contributed by atoms with Gasteiger partial charge in [-0.2, -0.15) is 13.2 Å². The summed E-state index contributed by atoms with van der Waals surface area (Å²) in [5.41, 5.74) is 0.356. The number of rotatable bonds is 6. The SMILES string of the molecule is CC1CC(CNC(=O)C2CC(Cn3ccn(C)c3=N)CC(C3CCCNC3C(F)(F)F)C2)CCC1Cl. The van der Waals surface area contributed by atoms with Gasteiger partial charge in [0.1, 0.15) is 6.04 Å². The molecule has 1 aromatic heterocycles. The van der Waals surface area contributed by atoms with Gasteiger partial charge in [-0.25, -0.2) is 0 Å². The third kappa shape index (κ3) is 6.50. The van der Waals surface area contributed by atoms with Crippen molar-refractivity contribution in [1.82, 2.24) is 19.8 Å². The van der Waals surface area contributed by atoms with Crippen LogP contribution in [0.25, 0.3) is 0 Å². The summed E-state index contributed by atoms with van der Waals surface area (Å²) in [6, 6.07) is -1.51. The van der Waals surface area contributed by atoms with Gasteiger partial charge in [0, 0.05) is 43.8 Å². The van der Waals surface area contributed by atoms with E-state index in [4.69, 9.17) is 17.0 Å². The summed E-state index contributed by atoms with van der Waals surface area (Å²) in [5, 5.41) is 14.4. The lowest BCUT2D eigenvalue weighted by atomic mass is 9.66. The third-order valence-corrected chi connectivity index (χ3v) is 9.59. The van der Waals surface area contributed by atoms with E-state index in [0.29, 0.717) is 62.8 Å². The van der Waals surface area contributed by atoms with Crippen molar-refractivity contribution < 1.29 is 18.0 Å². The fraction of sp³-hybridized carbons (Fsp3) is 0.846. The van der Waals surface area contributed by atoms with E-state index in [-0.39, 0.29) is 29.0 Å². The lowest BCUT2D eigenvalue weighted by Gasteiger charge is -2.44. The number of alkyl halides is 4. The lowest BCUT2D eigenvalue weighted by Crippen LogP contribution is -2.54. The maximum atomic E-state index is 13.9. The second kappa shape index (κ2) is 11.5. The topological polar surface area (TPSA) is 74.8 Å². The summed E-state index contributed by atoms with van der Waals surface area (Å²) >= 11 is 6.36. The predicted octanol–water partition coefficient (Wildman–Crippen LogP) is 4.43. The van der Waals surface area contributed by atoms with Gasteiger partial charge in [-0.05, 0) is 87.5 Å². The summed E-state index contributed by atoms with van der Waals surface area (Å²) in [7, 11) is 1.80. The molecule has 0 spiro atoms. The molecule has 204 valence electrons. The van der Waals surface area contributed by atoms with E-state index >= 15 is 0 Å². The smallest absolute Gasteiger partial charge is 0.356 e. The van der Waals surface area contributed by atoms with Gasteiger partial charge in [-0.1, -0.05) is 6.92 Å². The van der Waals surface area contributed by atoms with Crippen LogP contribution in [0.4, 0.5) is 13.2 Å². The largest absolute Gasteiger partial charge is 0.404 e. The van der Waals surface area contributed by atoms with Crippen molar-refractivity contribution >= 4 is 17.5 Å². The fourth-order valence-corrected chi connectivity index (χ4v) is 7.20. The Morgan fingerprint density at radius 3 is 2.61 bits per heavy atom. The minimum absolute atomic E-state index is 0.0261. The van der Waals surface area contributed by atoms with E-state index in [1.807, 2.05) is 17.0 Å². The van der Waals surface area contributed by atoms with Crippen LogP contribution in [0.5, 0.6) is 0 Å². The van der Waals surface area contributed by atoms with E-state index in [0.717, 1.165) is 25.7 Å².